The predicted molar refractivity (Wildman–Crippen MR) is 67.4 cm³/mol. The van der Waals surface area contributed by atoms with Crippen LogP contribution in [0.4, 0.5) is 4.39 Å². The molecule has 0 aromatic rings. The second-order valence-corrected chi connectivity index (χ2v) is 7.17. The van der Waals surface area contributed by atoms with Crippen molar-refractivity contribution in [3.05, 3.63) is 0 Å². The molecule has 102 valence electrons. The molecule has 0 N–H and O–H groups in total. The Hall–Kier alpha value is 0.495. The van der Waals surface area contributed by atoms with Gasteiger partial charge in [0.2, 0.25) is 0 Å². The van der Waals surface area contributed by atoms with Gasteiger partial charge in [0, 0.05) is 21.9 Å². The van der Waals surface area contributed by atoms with Crippen molar-refractivity contribution >= 4 is 24.2 Å². The molecule has 5 nitrogen and oxygen atoms in total. The summed E-state index contributed by atoms with van der Waals surface area (Å²) in [4.78, 5) is 0. The molecule has 2 heterocycles. The quantitative estimate of drug-likeness (QED) is 0.570. The molecular weight excluding hydrogens is 280 g/mol. The van der Waals surface area contributed by atoms with E-state index in [-0.39, 0.29) is 22.0 Å². The normalized spacial score (nSPS) is 50.1. The number of rotatable bonds is 2. The summed E-state index contributed by atoms with van der Waals surface area (Å²) in [6.45, 7) is 3.30. The summed E-state index contributed by atoms with van der Waals surface area (Å²) < 4.78 is 47.0. The summed E-state index contributed by atoms with van der Waals surface area (Å²) in [5.74, 6) is 0. The minimum Gasteiger partial charge on any atom is -0.373 e. The first kappa shape index (κ1) is 14.9. The standard InChI is InChI=1S/C9H16BFO5P2/c1-17-16-7-6(11)8(10)15-9(7)3-4-13-18(2,12)14-5-9/h6-8,17H,3-5H2,1-2H3/t6?,7-,8-,9-,18?/m1/s1. The molecule has 1 spiro atoms. The zero-order valence-corrected chi connectivity index (χ0v) is 12.2. The van der Waals surface area contributed by atoms with Gasteiger partial charge in [0.1, 0.15) is 25.7 Å². The third-order valence-electron chi connectivity index (χ3n) is 3.13. The van der Waals surface area contributed by atoms with Crippen molar-refractivity contribution in [3.63, 3.8) is 0 Å². The van der Waals surface area contributed by atoms with Crippen LogP contribution in [0.1, 0.15) is 6.42 Å². The Balaban J connectivity index is 2.20. The lowest BCUT2D eigenvalue weighted by atomic mass is 9.89. The summed E-state index contributed by atoms with van der Waals surface area (Å²) in [7, 11) is 2.60. The number of halogens is 1. The van der Waals surface area contributed by atoms with Gasteiger partial charge in [-0.1, -0.05) is 0 Å². The zero-order chi connectivity index (χ0) is 13.4. The van der Waals surface area contributed by atoms with Crippen LogP contribution in [0.5, 0.6) is 0 Å². The molecule has 18 heavy (non-hydrogen) atoms. The highest BCUT2D eigenvalue weighted by Crippen LogP contribution is 2.51. The fraction of sp³-hybridized carbons (Fsp3) is 1.00. The Morgan fingerprint density at radius 1 is 1.56 bits per heavy atom. The van der Waals surface area contributed by atoms with E-state index in [2.05, 4.69) is 0 Å². The van der Waals surface area contributed by atoms with Crippen LogP contribution in [0.15, 0.2) is 0 Å². The van der Waals surface area contributed by atoms with E-state index in [1.165, 1.54) is 6.66 Å². The number of alkyl halides is 1. The minimum absolute atomic E-state index is 0.0377. The van der Waals surface area contributed by atoms with E-state index in [0.29, 0.717) is 6.42 Å². The Bertz CT molecular complexity index is 360. The summed E-state index contributed by atoms with van der Waals surface area (Å²) in [6, 6.07) is -1.05. The predicted octanol–water partition coefficient (Wildman–Crippen LogP) is 1.46. The lowest BCUT2D eigenvalue weighted by Gasteiger charge is -2.31. The number of ether oxygens (including phenoxy) is 1. The van der Waals surface area contributed by atoms with Crippen molar-refractivity contribution in [3.8, 4) is 0 Å². The molecule has 6 atom stereocenters. The van der Waals surface area contributed by atoms with Crippen molar-refractivity contribution in [1.29, 1.82) is 0 Å². The molecule has 2 saturated heterocycles. The first-order chi connectivity index (χ1) is 8.40. The van der Waals surface area contributed by atoms with Crippen LogP contribution < -0.4 is 0 Å². The highest BCUT2D eigenvalue weighted by atomic mass is 31.2. The van der Waals surface area contributed by atoms with Crippen molar-refractivity contribution in [2.75, 3.05) is 26.5 Å². The number of hydrogen-bond acceptors (Lipinski definition) is 5. The average molecular weight is 296 g/mol. The van der Waals surface area contributed by atoms with Crippen molar-refractivity contribution in [2.45, 2.75) is 30.3 Å². The lowest BCUT2D eigenvalue weighted by molar-refractivity contribution is -0.0829. The molecule has 0 aromatic heterocycles. The van der Waals surface area contributed by atoms with Crippen molar-refractivity contribution in [2.24, 2.45) is 0 Å². The molecule has 2 radical (unpaired) electrons. The van der Waals surface area contributed by atoms with Crippen LogP contribution in [0.2, 0.25) is 0 Å². The number of hydrogen-bond donors (Lipinski definition) is 0. The molecule has 0 aliphatic carbocycles. The molecule has 3 unspecified atom stereocenters. The maximum Gasteiger partial charge on any atom is 0.327 e. The monoisotopic (exact) mass is 296 g/mol. The molecule has 0 saturated carbocycles. The van der Waals surface area contributed by atoms with Crippen LogP contribution >= 0.6 is 16.4 Å². The maximum absolute atomic E-state index is 14.0. The van der Waals surface area contributed by atoms with E-state index in [1.807, 2.05) is 0 Å². The first-order valence-corrected chi connectivity index (χ1v) is 9.06. The molecule has 0 amide bonds. The maximum atomic E-state index is 14.0. The highest BCUT2D eigenvalue weighted by molar-refractivity contribution is 7.52. The topological polar surface area (TPSA) is 54.0 Å². The van der Waals surface area contributed by atoms with Crippen LogP contribution in [0.3, 0.4) is 0 Å². The van der Waals surface area contributed by atoms with E-state index in [1.54, 1.807) is 6.66 Å². The Labute approximate surface area is 109 Å². The second-order valence-electron chi connectivity index (χ2n) is 4.46. The summed E-state index contributed by atoms with van der Waals surface area (Å²) >= 11 is 0. The molecule has 0 bridgehead atoms. The Kier molecular flexibility index (Phi) is 4.53. The van der Waals surface area contributed by atoms with Gasteiger partial charge in [-0.25, -0.2) is 4.39 Å². The van der Waals surface area contributed by atoms with Gasteiger partial charge in [-0.3, -0.25) is 4.57 Å². The molecular formula is C9H16BFO5P2. The molecule has 2 aliphatic rings. The third kappa shape index (κ3) is 2.82. The molecule has 9 heteroatoms. The average Bonchev–Trinajstić information content (AvgIpc) is 2.45. The van der Waals surface area contributed by atoms with Crippen LogP contribution in [-0.4, -0.2) is 58.3 Å². The smallest absolute Gasteiger partial charge is 0.327 e. The van der Waals surface area contributed by atoms with Gasteiger partial charge in [-0.05, 0) is 6.66 Å². The van der Waals surface area contributed by atoms with Gasteiger partial charge < -0.3 is 18.3 Å². The van der Waals surface area contributed by atoms with Gasteiger partial charge in [-0.2, -0.15) is 0 Å². The second kappa shape index (κ2) is 5.47. The van der Waals surface area contributed by atoms with Gasteiger partial charge in [-0.15, -0.1) is 0 Å². The largest absolute Gasteiger partial charge is 0.373 e. The van der Waals surface area contributed by atoms with Gasteiger partial charge in [0.15, 0.2) is 0 Å². The SMILES string of the molecule is [B][C@@H]1O[C@@]2(CCOP(C)(=O)OC2)[C@H](OPC)C1F. The van der Waals surface area contributed by atoms with Crippen LogP contribution in [0, 0.1) is 0 Å². The first-order valence-electron chi connectivity index (χ1n) is 5.67. The molecule has 2 rings (SSSR count). The van der Waals surface area contributed by atoms with Gasteiger partial charge in [0.25, 0.3) is 0 Å². The summed E-state index contributed by atoms with van der Waals surface area (Å²) in [6.07, 6.45) is -1.89. The van der Waals surface area contributed by atoms with Crippen molar-refractivity contribution < 1.29 is 27.3 Å². The van der Waals surface area contributed by atoms with Crippen molar-refractivity contribution in [1.82, 2.24) is 0 Å². The summed E-state index contributed by atoms with van der Waals surface area (Å²) in [5.41, 5.74) is -1.01. The van der Waals surface area contributed by atoms with Crippen LogP contribution in [-0.2, 0) is 22.9 Å². The van der Waals surface area contributed by atoms with E-state index < -0.39 is 31.5 Å². The fourth-order valence-electron chi connectivity index (χ4n) is 2.20. The van der Waals surface area contributed by atoms with E-state index in [4.69, 9.17) is 26.2 Å². The lowest BCUT2D eigenvalue weighted by Crippen LogP contribution is -2.46. The van der Waals surface area contributed by atoms with E-state index in [9.17, 15) is 8.96 Å². The van der Waals surface area contributed by atoms with Gasteiger partial charge in [0.05, 0.1) is 19.2 Å². The van der Waals surface area contributed by atoms with Gasteiger partial charge >= 0.3 is 7.60 Å². The third-order valence-corrected chi connectivity index (χ3v) is 4.87. The minimum atomic E-state index is -3.09. The Morgan fingerprint density at radius 2 is 2.28 bits per heavy atom. The molecule has 0 aromatic carbocycles. The summed E-state index contributed by atoms with van der Waals surface area (Å²) in [5, 5.41) is 0. The fourth-order valence-corrected chi connectivity index (χ4v) is 3.75. The van der Waals surface area contributed by atoms with Crippen LogP contribution in [0.25, 0.3) is 0 Å². The highest BCUT2D eigenvalue weighted by Gasteiger charge is 2.56. The molecule has 2 fully saturated rings. The Morgan fingerprint density at radius 3 is 2.94 bits per heavy atom. The van der Waals surface area contributed by atoms with E-state index in [0.717, 1.165) is 0 Å². The van der Waals surface area contributed by atoms with E-state index >= 15 is 0 Å². The zero-order valence-electron chi connectivity index (χ0n) is 10.3. The molecule has 2 aliphatic heterocycles.